The van der Waals surface area contributed by atoms with E-state index in [1.165, 1.54) is 14.2 Å². The quantitative estimate of drug-likeness (QED) is 0.429. The summed E-state index contributed by atoms with van der Waals surface area (Å²) in [5.74, 6) is -2.30. The van der Waals surface area contributed by atoms with Crippen LogP contribution in [0.5, 0.6) is 0 Å². The highest BCUT2D eigenvalue weighted by atomic mass is 16.5. The fourth-order valence-corrected chi connectivity index (χ4v) is 4.27. The van der Waals surface area contributed by atoms with Gasteiger partial charge in [0.25, 0.3) is 0 Å². The van der Waals surface area contributed by atoms with Crippen LogP contribution in [0.15, 0.2) is 0 Å². The molecule has 214 valence electrons. The first kappa shape index (κ1) is 32.8. The Labute approximate surface area is 221 Å². The van der Waals surface area contributed by atoms with E-state index >= 15 is 0 Å². The Morgan fingerprint density at radius 2 is 0.865 bits per heavy atom. The lowest BCUT2D eigenvalue weighted by molar-refractivity contribution is -0.147. The van der Waals surface area contributed by atoms with Crippen LogP contribution in [0.25, 0.3) is 0 Å². The molecule has 0 radical (unpaired) electrons. The average Bonchev–Trinajstić information content (AvgIpc) is 2.90. The van der Waals surface area contributed by atoms with Crippen LogP contribution < -0.4 is 0 Å². The number of carbonyl (C=O) groups excluding carboxylic acids is 4. The molecule has 0 aliphatic carbocycles. The highest BCUT2D eigenvalue weighted by Crippen LogP contribution is 2.17. The lowest BCUT2D eigenvalue weighted by Gasteiger charge is -2.27. The minimum Gasteiger partial charge on any atom is -0.469 e. The Morgan fingerprint density at radius 1 is 0.568 bits per heavy atom. The molecule has 11 heteroatoms. The summed E-state index contributed by atoms with van der Waals surface area (Å²) < 4.78 is 26.6. The molecule has 0 aromatic carbocycles. The van der Waals surface area contributed by atoms with E-state index in [1.54, 1.807) is 37.5 Å². The van der Waals surface area contributed by atoms with Gasteiger partial charge in [-0.15, -0.1) is 0 Å². The summed E-state index contributed by atoms with van der Waals surface area (Å²) in [6.07, 6.45) is 0.781. The van der Waals surface area contributed by atoms with Gasteiger partial charge in [0.15, 0.2) is 0 Å². The summed E-state index contributed by atoms with van der Waals surface area (Å²) in [6, 6.07) is 0. The maximum atomic E-state index is 13.1. The minimum atomic E-state index is -0.376. The molecule has 0 bridgehead atoms. The number of hydrogen-bond donors (Lipinski definition) is 0. The van der Waals surface area contributed by atoms with E-state index in [1.807, 2.05) is 0 Å². The van der Waals surface area contributed by atoms with Crippen LogP contribution in [0.1, 0.15) is 40.5 Å². The van der Waals surface area contributed by atoms with Gasteiger partial charge in [0, 0.05) is 38.0 Å². The van der Waals surface area contributed by atoms with Gasteiger partial charge in [-0.3, -0.25) is 19.2 Å². The van der Waals surface area contributed by atoms with Gasteiger partial charge in [-0.25, -0.2) is 0 Å². The summed E-state index contributed by atoms with van der Waals surface area (Å²) in [4.78, 5) is 53.0. The van der Waals surface area contributed by atoms with Gasteiger partial charge in [-0.2, -0.15) is 0 Å². The van der Waals surface area contributed by atoms with Crippen molar-refractivity contribution in [1.29, 1.82) is 0 Å². The van der Waals surface area contributed by atoms with Crippen molar-refractivity contribution in [2.24, 2.45) is 23.7 Å². The molecular weight excluding hydrogens is 484 g/mol. The summed E-state index contributed by atoms with van der Waals surface area (Å²) in [5, 5.41) is 0. The first-order valence-electron chi connectivity index (χ1n) is 13.1. The molecule has 0 unspecified atom stereocenters. The first-order chi connectivity index (χ1) is 17.6. The number of esters is 2. The van der Waals surface area contributed by atoms with Crippen molar-refractivity contribution >= 4 is 23.8 Å². The molecule has 2 amide bonds. The standard InChI is InChI=1S/C26H46N2O9/c1-19(17-21(3)25(31)33-5)23(29)27-7-11-35-12-8-28(10-14-37-16-15-36-13-9-27)24(30)20(2)18-22(4)26(32)34-6/h19-22H,7-18H2,1-6H3/t19-,20+,21-,22-/m1/s1. The monoisotopic (exact) mass is 530 g/mol. The highest BCUT2D eigenvalue weighted by Gasteiger charge is 2.27. The van der Waals surface area contributed by atoms with E-state index in [0.717, 1.165) is 0 Å². The lowest BCUT2D eigenvalue weighted by atomic mass is 9.96. The Morgan fingerprint density at radius 3 is 1.16 bits per heavy atom. The van der Waals surface area contributed by atoms with Crippen molar-refractivity contribution in [3.05, 3.63) is 0 Å². The lowest BCUT2D eigenvalue weighted by Crippen LogP contribution is -2.42. The molecule has 1 aliphatic rings. The largest absolute Gasteiger partial charge is 0.469 e. The van der Waals surface area contributed by atoms with Gasteiger partial charge in [0.2, 0.25) is 11.8 Å². The summed E-state index contributed by atoms with van der Waals surface area (Å²) in [7, 11) is 2.68. The molecule has 1 aliphatic heterocycles. The predicted molar refractivity (Wildman–Crippen MR) is 136 cm³/mol. The molecule has 0 saturated carbocycles. The van der Waals surface area contributed by atoms with E-state index in [2.05, 4.69) is 0 Å². The van der Waals surface area contributed by atoms with Gasteiger partial charge in [0.1, 0.15) is 0 Å². The molecular formula is C26H46N2O9. The zero-order chi connectivity index (χ0) is 27.8. The molecule has 1 fully saturated rings. The highest BCUT2D eigenvalue weighted by molar-refractivity contribution is 5.80. The van der Waals surface area contributed by atoms with Gasteiger partial charge in [0.05, 0.1) is 65.7 Å². The fourth-order valence-electron chi connectivity index (χ4n) is 4.27. The van der Waals surface area contributed by atoms with Crippen molar-refractivity contribution in [2.75, 3.05) is 80.0 Å². The summed E-state index contributed by atoms with van der Waals surface area (Å²) >= 11 is 0. The molecule has 4 atom stereocenters. The third-order valence-electron chi connectivity index (χ3n) is 6.48. The normalized spacial score (nSPS) is 19.9. The number of hydrogen-bond acceptors (Lipinski definition) is 9. The number of ether oxygens (including phenoxy) is 5. The second-order valence-corrected chi connectivity index (χ2v) is 9.61. The smallest absolute Gasteiger partial charge is 0.308 e. The SMILES string of the molecule is COC(=O)[C@H](C)C[C@@H](C)C(=O)N1CCOCCOCCN(C(=O)[C@@H](C)C[C@@H](C)C(=O)OC)CCOCC1. The van der Waals surface area contributed by atoms with E-state index in [0.29, 0.717) is 78.7 Å². The Hall–Kier alpha value is -2.24. The molecule has 1 saturated heterocycles. The number of nitrogens with zero attached hydrogens (tertiary/aromatic N) is 2. The number of methoxy groups -OCH3 is 2. The van der Waals surface area contributed by atoms with Crippen molar-refractivity contribution in [1.82, 2.24) is 9.80 Å². The van der Waals surface area contributed by atoms with E-state index < -0.39 is 0 Å². The maximum Gasteiger partial charge on any atom is 0.308 e. The third kappa shape index (κ3) is 12.2. The molecule has 0 spiro atoms. The van der Waals surface area contributed by atoms with Crippen molar-refractivity contribution in [3.8, 4) is 0 Å². The van der Waals surface area contributed by atoms with Crippen LogP contribution >= 0.6 is 0 Å². The van der Waals surface area contributed by atoms with Crippen LogP contribution in [0, 0.1) is 23.7 Å². The third-order valence-corrected chi connectivity index (χ3v) is 6.48. The van der Waals surface area contributed by atoms with E-state index in [-0.39, 0.29) is 47.4 Å². The molecule has 37 heavy (non-hydrogen) atoms. The molecule has 11 nitrogen and oxygen atoms in total. The van der Waals surface area contributed by atoms with Crippen molar-refractivity contribution in [2.45, 2.75) is 40.5 Å². The van der Waals surface area contributed by atoms with Gasteiger partial charge in [-0.1, -0.05) is 27.7 Å². The van der Waals surface area contributed by atoms with Crippen LogP contribution in [-0.2, 0) is 42.9 Å². The van der Waals surface area contributed by atoms with Crippen LogP contribution in [0.4, 0.5) is 0 Å². The molecule has 0 aromatic heterocycles. The fraction of sp³-hybridized carbons (Fsp3) is 0.846. The molecule has 1 heterocycles. The summed E-state index contributed by atoms with van der Waals surface area (Å²) in [6.45, 7) is 10.7. The predicted octanol–water partition coefficient (Wildman–Crippen LogP) is 1.38. The van der Waals surface area contributed by atoms with E-state index in [4.69, 9.17) is 23.7 Å². The first-order valence-corrected chi connectivity index (χ1v) is 13.1. The van der Waals surface area contributed by atoms with Gasteiger partial charge in [-0.05, 0) is 12.8 Å². The van der Waals surface area contributed by atoms with E-state index in [9.17, 15) is 19.2 Å². The Kier molecular flexibility index (Phi) is 16.0. The van der Waals surface area contributed by atoms with Crippen LogP contribution in [0.2, 0.25) is 0 Å². The van der Waals surface area contributed by atoms with Crippen molar-refractivity contribution in [3.63, 3.8) is 0 Å². The van der Waals surface area contributed by atoms with Gasteiger partial charge < -0.3 is 33.5 Å². The molecule has 1 rings (SSSR count). The molecule has 0 aromatic rings. The molecule has 0 N–H and O–H groups in total. The topological polar surface area (TPSA) is 121 Å². The van der Waals surface area contributed by atoms with Gasteiger partial charge >= 0.3 is 11.9 Å². The number of rotatable bonds is 8. The average molecular weight is 531 g/mol. The second kappa shape index (κ2) is 18.1. The van der Waals surface area contributed by atoms with Crippen LogP contribution in [-0.4, -0.2) is 114 Å². The number of amides is 2. The summed E-state index contributed by atoms with van der Waals surface area (Å²) in [5.41, 5.74) is 0. The maximum absolute atomic E-state index is 13.1. The number of carbonyl (C=O) groups is 4. The zero-order valence-electron chi connectivity index (χ0n) is 23.4. The minimum absolute atomic E-state index is 0.0751. The van der Waals surface area contributed by atoms with Crippen LogP contribution in [0.3, 0.4) is 0 Å². The Balaban J connectivity index is 2.72. The van der Waals surface area contributed by atoms with Crippen molar-refractivity contribution < 1.29 is 42.9 Å². The second-order valence-electron chi connectivity index (χ2n) is 9.61. The Bertz CT molecular complexity index is 660. The zero-order valence-corrected chi connectivity index (χ0v) is 23.4.